The fourth-order valence-corrected chi connectivity index (χ4v) is 6.80. The Morgan fingerprint density at radius 2 is 1.93 bits per heavy atom. The normalized spacial score (nSPS) is 36.6. The van der Waals surface area contributed by atoms with E-state index < -0.39 is 0 Å². The molecule has 0 unspecified atom stereocenters. The van der Waals surface area contributed by atoms with Crippen LogP contribution >= 0.6 is 0 Å². The van der Waals surface area contributed by atoms with Crippen molar-refractivity contribution in [2.75, 3.05) is 6.61 Å². The van der Waals surface area contributed by atoms with E-state index in [0.29, 0.717) is 11.8 Å². The predicted molar refractivity (Wildman–Crippen MR) is 107 cm³/mol. The average molecular weight is 364 g/mol. The van der Waals surface area contributed by atoms with Gasteiger partial charge in [-0.15, -0.1) is 0 Å². The third kappa shape index (κ3) is 2.34. The summed E-state index contributed by atoms with van der Waals surface area (Å²) in [5.41, 5.74) is 1.65. The van der Waals surface area contributed by atoms with E-state index in [1.54, 1.807) is 6.92 Å². The molecular formula is C24H29NO2. The van der Waals surface area contributed by atoms with Crippen LogP contribution in [0.25, 0.3) is 10.8 Å². The molecule has 1 amide bonds. The number of benzene rings is 2. The molecule has 2 aromatic rings. The first kappa shape index (κ1) is 17.2. The van der Waals surface area contributed by atoms with Gasteiger partial charge in [0.2, 0.25) is 5.91 Å². The lowest BCUT2D eigenvalue weighted by Gasteiger charge is -2.53. The highest BCUT2D eigenvalue weighted by Gasteiger charge is 2.68. The van der Waals surface area contributed by atoms with Gasteiger partial charge in [-0.25, -0.2) is 0 Å². The van der Waals surface area contributed by atoms with Crippen LogP contribution in [-0.2, 0) is 9.53 Å². The van der Waals surface area contributed by atoms with Crippen molar-refractivity contribution in [3.63, 3.8) is 0 Å². The Labute approximate surface area is 161 Å². The molecule has 2 saturated carbocycles. The molecule has 3 nitrogen and oxygen atoms in total. The largest absolute Gasteiger partial charge is 0.373 e. The zero-order chi connectivity index (χ0) is 18.8. The molecule has 3 fully saturated rings. The number of ether oxygens (including phenoxy) is 1. The molecule has 2 aliphatic carbocycles. The first-order valence-electron chi connectivity index (χ1n) is 10.3. The van der Waals surface area contributed by atoms with E-state index in [0.717, 1.165) is 13.0 Å². The minimum absolute atomic E-state index is 0.0990. The summed E-state index contributed by atoms with van der Waals surface area (Å²) >= 11 is 0. The van der Waals surface area contributed by atoms with Crippen molar-refractivity contribution in [2.45, 2.75) is 52.2 Å². The Kier molecular flexibility index (Phi) is 3.71. The second-order valence-electron chi connectivity index (χ2n) is 9.54. The smallest absolute Gasteiger partial charge is 0.217 e. The number of rotatable bonds is 2. The van der Waals surface area contributed by atoms with Crippen LogP contribution in [0.3, 0.4) is 0 Å². The molecule has 0 radical (unpaired) electrons. The molecule has 142 valence electrons. The molecule has 2 bridgehead atoms. The molecule has 1 saturated heterocycles. The Morgan fingerprint density at radius 3 is 2.74 bits per heavy atom. The van der Waals surface area contributed by atoms with Gasteiger partial charge in [0.15, 0.2) is 0 Å². The van der Waals surface area contributed by atoms with E-state index in [9.17, 15) is 4.79 Å². The van der Waals surface area contributed by atoms with Crippen molar-refractivity contribution in [2.24, 2.45) is 22.7 Å². The molecular weight excluding hydrogens is 334 g/mol. The van der Waals surface area contributed by atoms with Gasteiger partial charge in [-0.3, -0.25) is 4.79 Å². The highest BCUT2D eigenvalue weighted by Crippen LogP contribution is 2.70. The van der Waals surface area contributed by atoms with Crippen LogP contribution in [0.5, 0.6) is 0 Å². The van der Waals surface area contributed by atoms with E-state index >= 15 is 0 Å². The number of carbonyl (C=O) groups is 1. The maximum Gasteiger partial charge on any atom is 0.217 e. The fourth-order valence-electron chi connectivity index (χ4n) is 6.80. The maximum atomic E-state index is 12.0. The minimum atomic E-state index is 0.0990. The van der Waals surface area contributed by atoms with Crippen molar-refractivity contribution in [1.29, 1.82) is 0 Å². The lowest BCUT2D eigenvalue weighted by molar-refractivity contribution is -0.135. The Hall–Kier alpha value is -1.87. The highest BCUT2D eigenvalue weighted by atomic mass is 16.5. The first-order chi connectivity index (χ1) is 12.9. The van der Waals surface area contributed by atoms with Crippen molar-refractivity contribution in [3.8, 4) is 0 Å². The van der Waals surface area contributed by atoms with Crippen LogP contribution in [0.2, 0.25) is 0 Å². The molecule has 1 heterocycles. The topological polar surface area (TPSA) is 38.3 Å². The predicted octanol–water partition coefficient (Wildman–Crippen LogP) is 4.86. The monoisotopic (exact) mass is 363 g/mol. The highest BCUT2D eigenvalue weighted by molar-refractivity contribution is 5.86. The minimum Gasteiger partial charge on any atom is -0.373 e. The number of hydrogen-bond donors (Lipinski definition) is 1. The molecule has 5 atom stereocenters. The summed E-state index contributed by atoms with van der Waals surface area (Å²) in [6.07, 6.45) is 3.61. The summed E-state index contributed by atoms with van der Waals surface area (Å²) in [7, 11) is 0. The number of nitrogens with one attached hydrogen (secondary N) is 1. The van der Waals surface area contributed by atoms with E-state index in [-0.39, 0.29) is 28.9 Å². The molecule has 3 aliphatic rings. The van der Waals surface area contributed by atoms with Gasteiger partial charge in [-0.1, -0.05) is 56.3 Å². The summed E-state index contributed by atoms with van der Waals surface area (Å²) in [5.74, 6) is 1.23. The summed E-state index contributed by atoms with van der Waals surface area (Å²) in [6, 6.07) is 15.5. The molecule has 27 heavy (non-hydrogen) atoms. The molecule has 5 rings (SSSR count). The number of amides is 1. The van der Waals surface area contributed by atoms with Gasteiger partial charge in [0.1, 0.15) is 0 Å². The fraction of sp³-hybridized carbons (Fsp3) is 0.542. The van der Waals surface area contributed by atoms with Gasteiger partial charge in [0, 0.05) is 19.6 Å². The standard InChI is InChI=1S/C24H29NO2/c1-15(26)25-22-23(2,3)17-13-20-21(27-12-11-24(20,22)14-17)19-10-6-8-16-7-4-5-9-18(16)19/h4-10,17,20-22H,11-14H2,1-3H3,(H,25,26)/t17-,20-,21-,22-,24-/m1/s1. The van der Waals surface area contributed by atoms with Crippen molar-refractivity contribution in [1.82, 2.24) is 5.32 Å². The van der Waals surface area contributed by atoms with Crippen molar-refractivity contribution >= 4 is 16.7 Å². The molecule has 2 aromatic carbocycles. The van der Waals surface area contributed by atoms with Crippen molar-refractivity contribution in [3.05, 3.63) is 48.0 Å². The lowest BCUT2D eigenvalue weighted by atomic mass is 9.58. The van der Waals surface area contributed by atoms with E-state index in [2.05, 4.69) is 61.6 Å². The number of hydrogen-bond acceptors (Lipinski definition) is 2. The Bertz CT molecular complexity index is 899. The first-order valence-corrected chi connectivity index (χ1v) is 10.3. The maximum absolute atomic E-state index is 12.0. The quantitative estimate of drug-likeness (QED) is 0.828. The van der Waals surface area contributed by atoms with E-state index in [1.165, 1.54) is 29.2 Å². The molecule has 0 aromatic heterocycles. The van der Waals surface area contributed by atoms with Gasteiger partial charge in [-0.05, 0) is 58.3 Å². The van der Waals surface area contributed by atoms with Crippen molar-refractivity contribution < 1.29 is 9.53 Å². The van der Waals surface area contributed by atoms with Gasteiger partial charge in [0.05, 0.1) is 6.10 Å². The van der Waals surface area contributed by atoms with Gasteiger partial charge < -0.3 is 10.1 Å². The number of carbonyl (C=O) groups excluding carboxylic acids is 1. The Morgan fingerprint density at radius 1 is 1.15 bits per heavy atom. The third-order valence-electron chi connectivity index (χ3n) is 7.98. The van der Waals surface area contributed by atoms with Gasteiger partial charge >= 0.3 is 0 Å². The second-order valence-corrected chi connectivity index (χ2v) is 9.54. The average Bonchev–Trinajstić information content (AvgIpc) is 3.14. The molecule has 1 aliphatic heterocycles. The van der Waals surface area contributed by atoms with E-state index in [1.807, 2.05) is 0 Å². The summed E-state index contributed by atoms with van der Waals surface area (Å²) in [6.45, 7) is 7.15. The van der Waals surface area contributed by atoms with Gasteiger partial charge in [-0.2, -0.15) is 0 Å². The van der Waals surface area contributed by atoms with Crippen LogP contribution in [0, 0.1) is 22.7 Å². The van der Waals surface area contributed by atoms with Gasteiger partial charge in [0.25, 0.3) is 0 Å². The third-order valence-corrected chi connectivity index (χ3v) is 7.98. The zero-order valence-corrected chi connectivity index (χ0v) is 16.5. The molecule has 1 spiro atoms. The summed E-state index contributed by atoms with van der Waals surface area (Å²) in [4.78, 5) is 12.0. The lowest BCUT2D eigenvalue weighted by Crippen LogP contribution is -2.58. The second kappa shape index (κ2) is 5.81. The summed E-state index contributed by atoms with van der Waals surface area (Å²) in [5, 5.41) is 5.95. The number of fused-ring (bicyclic) bond motifs is 2. The van der Waals surface area contributed by atoms with Crippen LogP contribution in [0.15, 0.2) is 42.5 Å². The van der Waals surface area contributed by atoms with Crippen LogP contribution in [0.1, 0.15) is 51.7 Å². The summed E-state index contributed by atoms with van der Waals surface area (Å²) < 4.78 is 6.44. The SMILES string of the molecule is CC(=O)N[C@@H]1C(C)(C)[C@@H]2C[C@@H]3[C@@H](c4cccc5ccccc45)OCC[C@@]31C2. The van der Waals surface area contributed by atoms with Crippen LogP contribution in [0.4, 0.5) is 0 Å². The van der Waals surface area contributed by atoms with E-state index in [4.69, 9.17) is 4.74 Å². The van der Waals surface area contributed by atoms with Crippen LogP contribution in [-0.4, -0.2) is 18.6 Å². The zero-order valence-electron chi connectivity index (χ0n) is 16.5. The molecule has 3 heteroatoms. The Balaban J connectivity index is 1.59. The molecule has 1 N–H and O–H groups in total. The van der Waals surface area contributed by atoms with Crippen LogP contribution < -0.4 is 5.32 Å².